The van der Waals surface area contributed by atoms with Gasteiger partial charge in [-0.15, -0.1) is 11.3 Å². The fourth-order valence-corrected chi connectivity index (χ4v) is 3.42. The monoisotopic (exact) mass is 328 g/mol. The Labute approximate surface area is 134 Å². The van der Waals surface area contributed by atoms with Gasteiger partial charge in [0.15, 0.2) is 0 Å². The largest absolute Gasteiger partial charge is 0.310 e. The van der Waals surface area contributed by atoms with Crippen LogP contribution in [-0.2, 0) is 6.42 Å². The topological polar surface area (TPSA) is 24.9 Å². The molecule has 2 nitrogen and oxygen atoms in total. The van der Waals surface area contributed by atoms with Crippen LogP contribution in [0.1, 0.15) is 35.7 Å². The number of hydrogen-bond acceptors (Lipinski definition) is 3. The molecule has 1 unspecified atom stereocenters. The lowest BCUT2D eigenvalue weighted by Gasteiger charge is -2.19. The standard InChI is InChI=1S/C15H18Cl2N2S/c1-3-6-18-14(8-15-19-10(2)9-20-15)12-5-4-11(16)7-13(12)17/h4-5,7,9,14,18H,3,6,8H2,1-2H3. The summed E-state index contributed by atoms with van der Waals surface area (Å²) in [5, 5.41) is 8.12. The van der Waals surface area contributed by atoms with Crippen LogP contribution in [0.15, 0.2) is 23.6 Å². The van der Waals surface area contributed by atoms with Crippen molar-refractivity contribution in [2.24, 2.45) is 0 Å². The van der Waals surface area contributed by atoms with E-state index in [9.17, 15) is 0 Å². The Morgan fingerprint density at radius 2 is 2.15 bits per heavy atom. The van der Waals surface area contributed by atoms with Crippen LogP contribution >= 0.6 is 34.5 Å². The summed E-state index contributed by atoms with van der Waals surface area (Å²) < 4.78 is 0. The molecule has 0 saturated heterocycles. The Morgan fingerprint density at radius 1 is 1.35 bits per heavy atom. The smallest absolute Gasteiger partial charge is 0.0947 e. The predicted octanol–water partition coefficient (Wildman–Crippen LogP) is 5.04. The number of nitrogens with one attached hydrogen (secondary N) is 1. The van der Waals surface area contributed by atoms with Gasteiger partial charge in [-0.25, -0.2) is 4.98 Å². The SMILES string of the molecule is CCCNC(Cc1nc(C)cs1)c1ccc(Cl)cc1Cl. The first-order chi connectivity index (χ1) is 9.60. The van der Waals surface area contributed by atoms with Crippen molar-refractivity contribution in [3.05, 3.63) is 49.9 Å². The van der Waals surface area contributed by atoms with Crippen LogP contribution in [0.4, 0.5) is 0 Å². The summed E-state index contributed by atoms with van der Waals surface area (Å²) >= 11 is 14.0. The molecule has 0 fully saturated rings. The molecule has 5 heteroatoms. The average Bonchev–Trinajstić information content (AvgIpc) is 2.80. The number of aryl methyl sites for hydroxylation is 1. The molecule has 1 heterocycles. The molecule has 108 valence electrons. The van der Waals surface area contributed by atoms with Crippen LogP contribution < -0.4 is 5.32 Å². The van der Waals surface area contributed by atoms with E-state index in [1.807, 2.05) is 19.1 Å². The molecule has 0 amide bonds. The molecule has 2 aromatic rings. The summed E-state index contributed by atoms with van der Waals surface area (Å²) in [7, 11) is 0. The van der Waals surface area contributed by atoms with E-state index < -0.39 is 0 Å². The molecule has 0 radical (unpaired) electrons. The molecule has 0 bridgehead atoms. The van der Waals surface area contributed by atoms with Crippen molar-refractivity contribution in [2.75, 3.05) is 6.54 Å². The minimum atomic E-state index is 0.172. The number of benzene rings is 1. The Morgan fingerprint density at radius 3 is 2.75 bits per heavy atom. The van der Waals surface area contributed by atoms with Crippen molar-refractivity contribution in [1.29, 1.82) is 0 Å². The van der Waals surface area contributed by atoms with Gasteiger partial charge in [-0.1, -0.05) is 36.2 Å². The molecule has 0 aliphatic rings. The third kappa shape index (κ3) is 4.19. The third-order valence-electron chi connectivity index (χ3n) is 3.02. The van der Waals surface area contributed by atoms with E-state index >= 15 is 0 Å². The van der Waals surface area contributed by atoms with Gasteiger partial charge >= 0.3 is 0 Å². The van der Waals surface area contributed by atoms with Crippen molar-refractivity contribution in [3.63, 3.8) is 0 Å². The van der Waals surface area contributed by atoms with Crippen LogP contribution in [0.3, 0.4) is 0 Å². The van der Waals surface area contributed by atoms with Gasteiger partial charge in [0.25, 0.3) is 0 Å². The van der Waals surface area contributed by atoms with Crippen molar-refractivity contribution in [2.45, 2.75) is 32.7 Å². The molecule has 1 atom stereocenters. The highest BCUT2D eigenvalue weighted by Crippen LogP contribution is 2.29. The van der Waals surface area contributed by atoms with Gasteiger partial charge in [0.2, 0.25) is 0 Å². The normalized spacial score (nSPS) is 12.6. The molecule has 0 aliphatic heterocycles. The van der Waals surface area contributed by atoms with Gasteiger partial charge in [-0.3, -0.25) is 0 Å². The summed E-state index contributed by atoms with van der Waals surface area (Å²) in [6.07, 6.45) is 1.93. The number of thiazole rings is 1. The van der Waals surface area contributed by atoms with Crippen LogP contribution in [0.2, 0.25) is 10.0 Å². The number of aromatic nitrogens is 1. The summed E-state index contributed by atoms with van der Waals surface area (Å²) in [4.78, 5) is 4.54. The second-order valence-corrected chi connectivity index (χ2v) is 6.55. The summed E-state index contributed by atoms with van der Waals surface area (Å²) in [5.74, 6) is 0. The zero-order chi connectivity index (χ0) is 14.5. The summed E-state index contributed by atoms with van der Waals surface area (Å²) in [6, 6.07) is 5.85. The minimum Gasteiger partial charge on any atom is -0.310 e. The Hall–Kier alpha value is -0.610. The molecule has 1 N–H and O–H groups in total. The summed E-state index contributed by atoms with van der Waals surface area (Å²) in [6.45, 7) is 5.12. The number of nitrogens with zero attached hydrogens (tertiary/aromatic N) is 1. The number of halogens is 2. The quantitative estimate of drug-likeness (QED) is 0.803. The zero-order valence-corrected chi connectivity index (χ0v) is 13.9. The van der Waals surface area contributed by atoms with Gasteiger partial charge in [-0.05, 0) is 37.6 Å². The van der Waals surface area contributed by atoms with E-state index in [0.717, 1.165) is 35.7 Å². The molecule has 1 aromatic carbocycles. The van der Waals surface area contributed by atoms with Gasteiger partial charge in [0.1, 0.15) is 0 Å². The lowest BCUT2D eigenvalue weighted by Crippen LogP contribution is -2.24. The molecule has 0 spiro atoms. The summed E-state index contributed by atoms with van der Waals surface area (Å²) in [5.41, 5.74) is 2.15. The van der Waals surface area contributed by atoms with Gasteiger partial charge in [0, 0.05) is 33.6 Å². The minimum absolute atomic E-state index is 0.172. The van der Waals surface area contributed by atoms with Crippen molar-refractivity contribution < 1.29 is 0 Å². The fourth-order valence-electron chi connectivity index (χ4n) is 2.07. The first-order valence-corrected chi connectivity index (χ1v) is 8.33. The van der Waals surface area contributed by atoms with Gasteiger partial charge in [0.05, 0.1) is 5.01 Å². The molecule has 0 aliphatic carbocycles. The van der Waals surface area contributed by atoms with Crippen molar-refractivity contribution in [1.82, 2.24) is 10.3 Å². The van der Waals surface area contributed by atoms with E-state index in [1.165, 1.54) is 0 Å². The van der Waals surface area contributed by atoms with E-state index in [4.69, 9.17) is 23.2 Å². The average molecular weight is 329 g/mol. The molecule has 0 saturated carbocycles. The molecule has 2 rings (SSSR count). The van der Waals surface area contributed by atoms with E-state index in [0.29, 0.717) is 10.0 Å². The second kappa shape index (κ2) is 7.41. The maximum Gasteiger partial charge on any atom is 0.0947 e. The van der Waals surface area contributed by atoms with E-state index in [1.54, 1.807) is 17.4 Å². The molecule has 20 heavy (non-hydrogen) atoms. The number of hydrogen-bond donors (Lipinski definition) is 1. The zero-order valence-electron chi connectivity index (χ0n) is 11.6. The van der Waals surface area contributed by atoms with Crippen molar-refractivity contribution >= 4 is 34.5 Å². The molecular formula is C15H18Cl2N2S. The molecular weight excluding hydrogens is 311 g/mol. The van der Waals surface area contributed by atoms with Crippen molar-refractivity contribution in [3.8, 4) is 0 Å². The highest BCUT2D eigenvalue weighted by molar-refractivity contribution is 7.09. The highest BCUT2D eigenvalue weighted by atomic mass is 35.5. The van der Waals surface area contributed by atoms with Gasteiger partial charge in [-0.2, -0.15) is 0 Å². The van der Waals surface area contributed by atoms with Crippen LogP contribution in [0.25, 0.3) is 0 Å². The first kappa shape index (κ1) is 15.8. The molecule has 1 aromatic heterocycles. The fraction of sp³-hybridized carbons (Fsp3) is 0.400. The second-order valence-electron chi connectivity index (χ2n) is 4.76. The third-order valence-corrected chi connectivity index (χ3v) is 4.58. The first-order valence-electron chi connectivity index (χ1n) is 6.69. The highest BCUT2D eigenvalue weighted by Gasteiger charge is 2.16. The maximum atomic E-state index is 6.33. The number of rotatable bonds is 6. The predicted molar refractivity (Wildman–Crippen MR) is 88.1 cm³/mol. The Bertz CT molecular complexity index is 569. The maximum absolute atomic E-state index is 6.33. The van der Waals surface area contributed by atoms with Crippen LogP contribution in [0.5, 0.6) is 0 Å². The lowest BCUT2D eigenvalue weighted by molar-refractivity contribution is 0.528. The van der Waals surface area contributed by atoms with Gasteiger partial charge < -0.3 is 5.32 Å². The van der Waals surface area contributed by atoms with Crippen LogP contribution in [-0.4, -0.2) is 11.5 Å². The lowest BCUT2D eigenvalue weighted by atomic mass is 10.0. The Kier molecular flexibility index (Phi) is 5.85. The van der Waals surface area contributed by atoms with E-state index in [-0.39, 0.29) is 6.04 Å². The Balaban J connectivity index is 2.22. The van der Waals surface area contributed by atoms with Crippen LogP contribution in [0, 0.1) is 6.92 Å². The van der Waals surface area contributed by atoms with E-state index in [2.05, 4.69) is 22.6 Å².